The largest absolute Gasteiger partial charge is 4.00 e. The average molecular weight is 424 g/mol. The number of hydrogen-bond acceptors (Lipinski definition) is 0. The van der Waals surface area contributed by atoms with E-state index < -0.39 is 8.24 Å². The van der Waals surface area contributed by atoms with Crippen LogP contribution in [0.15, 0.2) is 23.3 Å². The van der Waals surface area contributed by atoms with Crippen molar-refractivity contribution in [1.29, 1.82) is 0 Å². The van der Waals surface area contributed by atoms with E-state index in [1.807, 2.05) is 0 Å². The summed E-state index contributed by atoms with van der Waals surface area (Å²) < 4.78 is 0. The van der Waals surface area contributed by atoms with Gasteiger partial charge in [0.05, 0.1) is 0 Å². The van der Waals surface area contributed by atoms with E-state index in [1.54, 1.807) is 11.1 Å². The smallest absolute Gasteiger partial charge is 0.660 e. The van der Waals surface area contributed by atoms with Crippen molar-refractivity contribution in [2.24, 2.45) is 23.2 Å². The van der Waals surface area contributed by atoms with Crippen LogP contribution in [0.4, 0.5) is 0 Å². The van der Waals surface area contributed by atoms with E-state index >= 15 is 0 Å². The standard InChI is InChI=1S/C21H36NSi.3CH3.Ti/c1-14-9-15-10-16-12-21(5,6)13-17(16)11-18(15)19(14)23(7,8)22-20(2,3)4;;;;/h10-11,14-15,18-19H,9,12-13H2,1-8H3;3*1H3;/q4*-1;+4. The van der Waals surface area contributed by atoms with Gasteiger partial charge in [-0.3, -0.25) is 0 Å². The molecule has 2 fully saturated rings. The van der Waals surface area contributed by atoms with E-state index in [9.17, 15) is 0 Å². The molecule has 154 valence electrons. The molecule has 0 bridgehead atoms. The molecule has 0 saturated heterocycles. The molecule has 0 spiro atoms. The van der Waals surface area contributed by atoms with E-state index in [4.69, 9.17) is 4.98 Å². The summed E-state index contributed by atoms with van der Waals surface area (Å²) in [5, 5.41) is 0. The van der Waals surface area contributed by atoms with E-state index in [0.29, 0.717) is 5.41 Å². The summed E-state index contributed by atoms with van der Waals surface area (Å²) in [4.78, 5) is 5.37. The quantitative estimate of drug-likeness (QED) is 0.315. The normalized spacial score (nSPS) is 31.0. The van der Waals surface area contributed by atoms with Crippen LogP contribution in [0.25, 0.3) is 4.98 Å². The van der Waals surface area contributed by atoms with Gasteiger partial charge in [-0.1, -0.05) is 80.6 Å². The Balaban J connectivity index is 0. The van der Waals surface area contributed by atoms with Crippen molar-refractivity contribution in [3.63, 3.8) is 0 Å². The van der Waals surface area contributed by atoms with E-state index in [2.05, 4.69) is 66.8 Å². The SMILES string of the molecule is CC1CC2C=C3CC(C)(C)CC3=CC2C1[Si](C)(C)[N-]C(C)(C)C.[CH3-].[CH3-].[CH3-].[Ti+4]. The van der Waals surface area contributed by atoms with Gasteiger partial charge in [0.15, 0.2) is 0 Å². The van der Waals surface area contributed by atoms with Gasteiger partial charge in [0.25, 0.3) is 0 Å². The first-order chi connectivity index (χ1) is 10.4. The van der Waals surface area contributed by atoms with Crippen LogP contribution in [-0.2, 0) is 21.7 Å². The number of nitrogens with zero attached hydrogens (tertiary/aromatic N) is 1. The minimum Gasteiger partial charge on any atom is -0.660 e. The van der Waals surface area contributed by atoms with Crippen LogP contribution in [0.3, 0.4) is 0 Å². The van der Waals surface area contributed by atoms with Gasteiger partial charge in [0.2, 0.25) is 0 Å². The second-order valence-corrected chi connectivity index (χ2v) is 15.0. The van der Waals surface area contributed by atoms with Crippen LogP contribution in [-0.4, -0.2) is 13.8 Å². The van der Waals surface area contributed by atoms with Crippen LogP contribution in [0.5, 0.6) is 0 Å². The van der Waals surface area contributed by atoms with Crippen molar-refractivity contribution in [3.8, 4) is 0 Å². The molecule has 4 unspecified atom stereocenters. The zero-order valence-electron chi connectivity index (χ0n) is 20.0. The second kappa shape index (κ2) is 9.46. The third-order valence-corrected chi connectivity index (χ3v) is 10.00. The first-order valence-electron chi connectivity index (χ1n) is 9.54. The van der Waals surface area contributed by atoms with Gasteiger partial charge in [0, 0.05) is 0 Å². The maximum Gasteiger partial charge on any atom is 4.00 e. The predicted octanol–water partition coefficient (Wildman–Crippen LogP) is 8.04. The average Bonchev–Trinajstić information content (AvgIpc) is 2.75. The molecule has 0 radical (unpaired) electrons. The Kier molecular flexibility index (Phi) is 10.4. The first kappa shape index (κ1) is 29.6. The Bertz CT molecular complexity index is 553. The topological polar surface area (TPSA) is 14.1 Å². The number of fused-ring (bicyclic) bond motifs is 2. The summed E-state index contributed by atoms with van der Waals surface area (Å²) in [6.45, 7) is 19.2. The predicted molar refractivity (Wildman–Crippen MR) is 124 cm³/mol. The van der Waals surface area contributed by atoms with Gasteiger partial charge < -0.3 is 27.3 Å². The molecule has 27 heavy (non-hydrogen) atoms. The third-order valence-electron chi connectivity index (χ3n) is 6.16. The van der Waals surface area contributed by atoms with Gasteiger partial charge in [-0.05, 0) is 53.6 Å². The van der Waals surface area contributed by atoms with Crippen molar-refractivity contribution < 1.29 is 21.7 Å². The van der Waals surface area contributed by atoms with Gasteiger partial charge in [0.1, 0.15) is 0 Å². The Morgan fingerprint density at radius 3 is 1.96 bits per heavy atom. The van der Waals surface area contributed by atoms with E-state index in [-0.39, 0.29) is 49.5 Å². The molecule has 3 rings (SSSR count). The van der Waals surface area contributed by atoms with E-state index in [0.717, 1.165) is 23.3 Å². The molecule has 0 aromatic heterocycles. The molecule has 0 aliphatic heterocycles. The molecule has 0 aromatic carbocycles. The summed E-state index contributed by atoms with van der Waals surface area (Å²) in [6, 6.07) is 0. The molecule has 0 heterocycles. The van der Waals surface area contributed by atoms with Crippen molar-refractivity contribution >= 4 is 8.24 Å². The molecule has 0 amide bonds. The fourth-order valence-corrected chi connectivity index (χ4v) is 10.7. The minimum atomic E-state index is -1.61. The zero-order chi connectivity index (χ0) is 17.2. The van der Waals surface area contributed by atoms with Crippen LogP contribution in [0.2, 0.25) is 18.6 Å². The van der Waals surface area contributed by atoms with Gasteiger partial charge >= 0.3 is 21.7 Å². The number of rotatable bonds is 2. The molecule has 0 N–H and O–H groups in total. The zero-order valence-corrected chi connectivity index (χ0v) is 22.6. The third kappa shape index (κ3) is 6.17. The van der Waals surface area contributed by atoms with Crippen LogP contribution < -0.4 is 0 Å². The van der Waals surface area contributed by atoms with Gasteiger partial charge in [-0.2, -0.15) is 0 Å². The number of hydrogen-bond donors (Lipinski definition) is 0. The molecule has 4 atom stereocenters. The summed E-state index contributed by atoms with van der Waals surface area (Å²) in [5.41, 5.74) is 4.74. The van der Waals surface area contributed by atoms with Crippen molar-refractivity contribution in [1.82, 2.24) is 0 Å². The summed E-state index contributed by atoms with van der Waals surface area (Å²) in [7, 11) is -1.61. The fraction of sp³-hybridized carbons (Fsp3) is 0.708. The summed E-state index contributed by atoms with van der Waals surface area (Å²) >= 11 is 0. The molecule has 3 heteroatoms. The fourth-order valence-electron chi connectivity index (χ4n) is 6.03. The Labute approximate surface area is 188 Å². The van der Waals surface area contributed by atoms with Crippen LogP contribution >= 0.6 is 0 Å². The van der Waals surface area contributed by atoms with Crippen LogP contribution in [0, 0.1) is 45.4 Å². The summed E-state index contributed by atoms with van der Waals surface area (Å²) in [5.74, 6) is 2.35. The second-order valence-electron chi connectivity index (χ2n) is 10.8. The van der Waals surface area contributed by atoms with Crippen molar-refractivity contribution in [3.05, 3.63) is 50.6 Å². The van der Waals surface area contributed by atoms with E-state index in [1.165, 1.54) is 19.3 Å². The molecule has 3 aliphatic carbocycles. The Hall–Kier alpha value is 0.371. The van der Waals surface area contributed by atoms with Gasteiger partial charge in [-0.15, -0.1) is 5.54 Å². The molecular weight excluding hydrogens is 378 g/mol. The molecule has 3 aliphatic rings. The molecular formula is C24H45NSiTi. The van der Waals surface area contributed by atoms with Gasteiger partial charge in [-0.25, -0.2) is 0 Å². The maximum atomic E-state index is 5.37. The molecule has 2 saturated carbocycles. The first-order valence-corrected chi connectivity index (χ1v) is 12.6. The molecule has 1 nitrogen and oxygen atoms in total. The minimum absolute atomic E-state index is 0. The van der Waals surface area contributed by atoms with Crippen molar-refractivity contribution in [2.45, 2.75) is 85.0 Å². The Morgan fingerprint density at radius 2 is 1.48 bits per heavy atom. The maximum absolute atomic E-state index is 5.37. The number of allylic oxidation sites excluding steroid dienone is 4. The molecule has 0 aromatic rings. The van der Waals surface area contributed by atoms with Crippen molar-refractivity contribution in [2.75, 3.05) is 0 Å². The summed E-state index contributed by atoms with van der Waals surface area (Å²) in [6.07, 6.45) is 9.32. The Morgan fingerprint density at radius 1 is 1.00 bits per heavy atom. The van der Waals surface area contributed by atoms with Crippen LogP contribution in [0.1, 0.15) is 60.8 Å². The monoisotopic (exact) mass is 423 g/mol.